The number of aromatic nitrogens is 2. The van der Waals surface area contributed by atoms with E-state index in [1.807, 2.05) is 24.3 Å². The number of anilines is 4. The summed E-state index contributed by atoms with van der Waals surface area (Å²) in [5, 5.41) is 16.7. The Hall–Kier alpha value is -7.11. The Morgan fingerprint density at radius 1 is 0.854 bits per heavy atom. The van der Waals surface area contributed by atoms with Crippen molar-refractivity contribution in [3.8, 4) is 17.4 Å². The largest absolute Gasteiger partial charge is 0.490 e. The van der Waals surface area contributed by atoms with Crippen molar-refractivity contribution in [3.05, 3.63) is 129 Å². The number of nitrogens with one attached hydrogen (secondary N) is 3. The fraction of sp³-hybridized carbons (Fsp3) is 0.467. The van der Waals surface area contributed by atoms with Crippen molar-refractivity contribution in [2.45, 2.75) is 99.5 Å². The highest BCUT2D eigenvalue weighted by Crippen LogP contribution is 2.55. The van der Waals surface area contributed by atoms with Gasteiger partial charge < -0.3 is 43.8 Å². The molecule has 19 nitrogen and oxygen atoms in total. The molecule has 3 N–H and O–H groups in total. The van der Waals surface area contributed by atoms with Gasteiger partial charge >= 0.3 is 0 Å². The number of benzene rings is 4. The summed E-state index contributed by atoms with van der Waals surface area (Å²) in [5.41, 5.74) is 5.43. The molecule has 14 rings (SSSR count). The number of carbonyl (C=O) groups excluding carboxylic acids is 1. The lowest BCUT2D eigenvalue weighted by molar-refractivity contribution is -0.384. The van der Waals surface area contributed by atoms with Crippen molar-refractivity contribution in [3.63, 3.8) is 0 Å². The summed E-state index contributed by atoms with van der Waals surface area (Å²) in [6, 6.07) is 22.2. The number of rotatable bonds is 10. The summed E-state index contributed by atoms with van der Waals surface area (Å²) in [6.45, 7) is 8.37. The molecule has 1 amide bonds. The molecule has 2 aromatic heterocycles. The highest BCUT2D eigenvalue weighted by Gasteiger charge is 2.51. The molecule has 4 saturated heterocycles. The number of nitro benzene ring substituents is 1. The number of ether oxygens (including phenoxy) is 5. The number of fused-ring (bicyclic) bond motifs is 5. The molecule has 82 heavy (non-hydrogen) atoms. The zero-order valence-electron chi connectivity index (χ0n) is 45.5. The maximum Gasteiger partial charge on any atom is 0.297 e. The minimum Gasteiger partial charge on any atom is -0.490 e. The summed E-state index contributed by atoms with van der Waals surface area (Å²) < 4.78 is 90.7. The molecule has 4 aromatic carbocycles. The second-order valence-corrected chi connectivity index (χ2v) is 25.2. The number of halogens is 2. The van der Waals surface area contributed by atoms with Crippen molar-refractivity contribution in [1.29, 1.82) is 0 Å². The van der Waals surface area contributed by atoms with Gasteiger partial charge in [0.05, 0.1) is 46.4 Å². The van der Waals surface area contributed by atoms with Crippen molar-refractivity contribution < 1.29 is 50.6 Å². The lowest BCUT2D eigenvalue weighted by atomic mass is 9.59. The van der Waals surface area contributed by atoms with Crippen LogP contribution < -0.4 is 34.0 Å². The zero-order chi connectivity index (χ0) is 56.0. The Kier molecular flexibility index (Phi) is 13.5. The fourth-order valence-corrected chi connectivity index (χ4v) is 15.6. The smallest absolute Gasteiger partial charge is 0.297 e. The average Bonchev–Trinajstić information content (AvgIpc) is 2.58. The molecule has 0 unspecified atom stereocenters. The molecule has 8 aliphatic rings. The number of carbonyl (C=O) groups is 1. The van der Waals surface area contributed by atoms with Crippen LogP contribution >= 0.6 is 0 Å². The summed E-state index contributed by atoms with van der Waals surface area (Å²) in [4.78, 5) is 43.9. The number of hydrogen-bond donors (Lipinski definition) is 3. The first-order valence-electron chi connectivity index (χ1n) is 28.7. The molecule has 7 aliphatic heterocycles. The Balaban J connectivity index is 0.736. The van der Waals surface area contributed by atoms with Crippen molar-refractivity contribution in [2.75, 3.05) is 87.5 Å². The molecule has 6 aromatic rings. The molecule has 1 saturated carbocycles. The number of hydrogen-bond acceptors (Lipinski definition) is 16. The van der Waals surface area contributed by atoms with Gasteiger partial charge in [0, 0.05) is 118 Å². The molecule has 9 heterocycles. The molecular weight excluding hydrogens is 1080 g/mol. The second kappa shape index (κ2) is 20.9. The minimum atomic E-state index is -4.73. The van der Waals surface area contributed by atoms with E-state index >= 15 is 4.39 Å². The molecule has 430 valence electrons. The van der Waals surface area contributed by atoms with E-state index in [9.17, 15) is 27.7 Å². The fourth-order valence-electron chi connectivity index (χ4n) is 14.6. The van der Waals surface area contributed by atoms with Gasteiger partial charge in [-0.1, -0.05) is 24.3 Å². The lowest BCUT2D eigenvalue weighted by Crippen LogP contribution is -2.60. The zero-order valence-corrected chi connectivity index (χ0v) is 46.3. The van der Waals surface area contributed by atoms with Crippen LogP contribution in [0.3, 0.4) is 0 Å². The van der Waals surface area contributed by atoms with Gasteiger partial charge in [0.2, 0.25) is 5.88 Å². The Morgan fingerprint density at radius 3 is 2.49 bits per heavy atom. The normalized spacial score (nSPS) is 24.8. The Labute approximate surface area is 473 Å². The molecular formula is C60H65F2N9O10S. The number of pyridine rings is 1. The predicted molar refractivity (Wildman–Crippen MR) is 301 cm³/mol. The van der Waals surface area contributed by atoms with Gasteiger partial charge in [0.25, 0.3) is 21.6 Å². The maximum absolute atomic E-state index is 15.0. The van der Waals surface area contributed by atoms with Gasteiger partial charge in [-0.25, -0.2) is 21.9 Å². The van der Waals surface area contributed by atoms with Gasteiger partial charge in [-0.05, 0) is 111 Å². The molecule has 5 fully saturated rings. The van der Waals surface area contributed by atoms with Crippen molar-refractivity contribution in [2.24, 2.45) is 11.3 Å². The van der Waals surface area contributed by atoms with Gasteiger partial charge in [0.1, 0.15) is 29.9 Å². The summed E-state index contributed by atoms with van der Waals surface area (Å²) in [5.74, 6) is -1.52. The standard InChI is InChI=1S/C60H65F2N9O10S/c1-35-4-2-3-5-42(35)52-32-68(47-12-23-79-56-44(47)25-38(61)26-45(56)62)18-19-69(52)40-30-60(31-40)13-16-67(17-14-60)39-6-7-43(49(27-39)70-48-11-22-78-34-54(48)81-59-51(70)24-37-8-15-63-57(37)65-59)58(72)66-82(75,76)41-28-50(71(73)74)55-53(29-41)80-33-46(64-55)36-9-20-77-21-10-36/h2-8,15,24-29,36,40,46-48,52,54,64H,9-14,16-23,30-34H2,1H3,(H,63,65)(H,66,72)/t46-,47-,48-,52-,54-/m0/s1. The predicted octanol–water partition coefficient (Wildman–Crippen LogP) is 9.10. The molecule has 0 radical (unpaired) electrons. The number of aromatic amines is 1. The lowest BCUT2D eigenvalue weighted by Gasteiger charge is -2.59. The minimum absolute atomic E-state index is 0.0108. The van der Waals surface area contributed by atoms with E-state index < -0.39 is 49.2 Å². The third kappa shape index (κ3) is 9.52. The number of sulfonamides is 1. The summed E-state index contributed by atoms with van der Waals surface area (Å²) in [6.07, 6.45) is 8.01. The first kappa shape index (κ1) is 52.9. The highest BCUT2D eigenvalue weighted by atomic mass is 32.2. The second-order valence-electron chi connectivity index (χ2n) is 23.5. The van der Waals surface area contributed by atoms with Gasteiger partial charge in [0.15, 0.2) is 23.0 Å². The number of nitrogens with zero attached hydrogens (tertiary/aromatic N) is 6. The monoisotopic (exact) mass is 1140 g/mol. The van der Waals surface area contributed by atoms with Crippen molar-refractivity contribution in [1.82, 2.24) is 24.5 Å². The Morgan fingerprint density at radius 2 is 1.67 bits per heavy atom. The van der Waals surface area contributed by atoms with Crippen LogP contribution in [0.1, 0.15) is 90.5 Å². The average molecular weight is 1140 g/mol. The highest BCUT2D eigenvalue weighted by molar-refractivity contribution is 7.90. The van der Waals surface area contributed by atoms with E-state index in [0.717, 1.165) is 94.5 Å². The number of nitro groups is 1. The van der Waals surface area contributed by atoms with Crippen LogP contribution in [0.15, 0.2) is 90.0 Å². The third-order valence-corrected chi connectivity index (χ3v) is 20.2. The topological polar surface area (TPSA) is 206 Å². The van der Waals surface area contributed by atoms with E-state index in [2.05, 4.69) is 65.8 Å². The number of amides is 1. The van der Waals surface area contributed by atoms with E-state index in [-0.39, 0.29) is 71.5 Å². The van der Waals surface area contributed by atoms with E-state index in [1.165, 1.54) is 23.3 Å². The van der Waals surface area contributed by atoms with E-state index in [0.29, 0.717) is 73.8 Å². The van der Waals surface area contributed by atoms with Gasteiger partial charge in [-0.15, -0.1) is 0 Å². The maximum atomic E-state index is 15.0. The third-order valence-electron chi connectivity index (χ3n) is 18.9. The van der Waals surface area contributed by atoms with Crippen LogP contribution in [-0.2, 0) is 19.5 Å². The van der Waals surface area contributed by atoms with Crippen LogP contribution in [-0.4, -0.2) is 136 Å². The van der Waals surface area contributed by atoms with E-state index in [4.69, 9.17) is 28.7 Å². The van der Waals surface area contributed by atoms with Crippen LogP contribution in [0.4, 0.5) is 37.2 Å². The van der Waals surface area contributed by atoms with E-state index in [1.54, 1.807) is 12.3 Å². The first-order valence-corrected chi connectivity index (χ1v) is 30.2. The number of H-pyrrole nitrogens is 1. The molecule has 22 heteroatoms. The SMILES string of the molecule is Cc1ccccc1[C@@H]1CN([C@H]2CCOc3c(F)cc(F)cc32)CCN1C1CC2(CCN(c3ccc(C(=O)NS(=O)(=O)c4cc5c(c([N+](=O)[O-])c4)N[C@H](C4CCOCC4)CO5)c(N4c5cc6cc[nH]c6nc5O[C@H]5COCC[C@@H]54)c3)CC2)C1. The molecule has 0 bridgehead atoms. The number of piperidine rings is 1. The molecule has 5 atom stereocenters. The molecule has 1 spiro atoms. The summed E-state index contributed by atoms with van der Waals surface area (Å²) in [7, 11) is -4.73. The Bertz CT molecular complexity index is 3600. The summed E-state index contributed by atoms with van der Waals surface area (Å²) >= 11 is 0. The first-order chi connectivity index (χ1) is 39.8. The number of aryl methyl sites for hydroxylation is 1. The van der Waals surface area contributed by atoms with Gasteiger partial charge in [-0.2, -0.15) is 4.98 Å². The number of piperazine rings is 1. The van der Waals surface area contributed by atoms with Crippen molar-refractivity contribution >= 4 is 55.4 Å². The molecule has 1 aliphatic carbocycles. The van der Waals surface area contributed by atoms with Crippen LogP contribution in [0, 0.1) is 40.0 Å². The van der Waals surface area contributed by atoms with Crippen LogP contribution in [0.2, 0.25) is 0 Å². The van der Waals surface area contributed by atoms with Crippen LogP contribution in [0.25, 0.3) is 11.0 Å². The van der Waals surface area contributed by atoms with Gasteiger partial charge in [-0.3, -0.25) is 24.7 Å². The van der Waals surface area contributed by atoms with Crippen LogP contribution in [0.5, 0.6) is 17.4 Å². The quantitative estimate of drug-likeness (QED) is 0.0864.